The molecule has 3 rings (SSSR count). The van der Waals surface area contributed by atoms with Gasteiger partial charge in [-0.05, 0) is 31.0 Å². The van der Waals surface area contributed by atoms with Crippen LogP contribution < -0.4 is 10.7 Å². The van der Waals surface area contributed by atoms with Crippen molar-refractivity contribution in [3.8, 4) is 0 Å². The minimum absolute atomic E-state index is 0.00462. The molecule has 1 amide bonds. The number of ether oxygens (including phenoxy) is 2. The lowest BCUT2D eigenvalue weighted by atomic mass is 10.2. The van der Waals surface area contributed by atoms with Crippen LogP contribution in [0.3, 0.4) is 0 Å². The number of carbonyl (C=O) groups is 2. The van der Waals surface area contributed by atoms with Crippen LogP contribution in [0.2, 0.25) is 5.02 Å². The number of fused-ring (bicyclic) bond motifs is 1. The summed E-state index contributed by atoms with van der Waals surface area (Å²) in [5.74, 6) is -1.60. The van der Waals surface area contributed by atoms with Gasteiger partial charge in [-0.1, -0.05) is 11.6 Å². The van der Waals surface area contributed by atoms with Gasteiger partial charge in [0, 0.05) is 24.2 Å². The highest BCUT2D eigenvalue weighted by Gasteiger charge is 2.18. The highest BCUT2D eigenvalue weighted by atomic mass is 35.5. The van der Waals surface area contributed by atoms with E-state index in [-0.39, 0.29) is 22.8 Å². The summed E-state index contributed by atoms with van der Waals surface area (Å²) in [6, 6.07) is 5.51. The number of halogens is 1. The average molecular weight is 366 g/mol. The number of esters is 1. The quantitative estimate of drug-likeness (QED) is 0.813. The molecule has 1 saturated heterocycles. The summed E-state index contributed by atoms with van der Waals surface area (Å²) in [6.45, 7) is 0.609. The molecule has 1 N–H and O–H groups in total. The molecule has 8 heteroatoms. The van der Waals surface area contributed by atoms with Crippen LogP contribution in [-0.4, -0.2) is 37.7 Å². The summed E-state index contributed by atoms with van der Waals surface area (Å²) in [6.07, 6.45) is 1.87. The first-order valence-corrected chi connectivity index (χ1v) is 8.19. The largest absolute Gasteiger partial charge is 0.450 e. The Morgan fingerprint density at radius 3 is 2.92 bits per heavy atom. The topological polar surface area (TPSA) is 94.8 Å². The van der Waals surface area contributed by atoms with Gasteiger partial charge in [-0.15, -0.1) is 0 Å². The monoisotopic (exact) mass is 365 g/mol. The molecule has 1 atom stereocenters. The first-order valence-electron chi connectivity index (χ1n) is 7.82. The summed E-state index contributed by atoms with van der Waals surface area (Å²) in [4.78, 5) is 35.7. The van der Waals surface area contributed by atoms with Crippen LogP contribution in [0.25, 0.3) is 11.0 Å². The molecule has 25 heavy (non-hydrogen) atoms. The fourth-order valence-electron chi connectivity index (χ4n) is 2.52. The average Bonchev–Trinajstić information content (AvgIpc) is 3.12. The number of hydrogen-bond acceptors (Lipinski definition) is 6. The molecule has 0 saturated carbocycles. The van der Waals surface area contributed by atoms with Crippen molar-refractivity contribution >= 4 is 34.4 Å². The minimum atomic E-state index is -0.888. The van der Waals surface area contributed by atoms with E-state index in [1.807, 2.05) is 0 Å². The maximum atomic E-state index is 12.0. The van der Waals surface area contributed by atoms with E-state index in [0.29, 0.717) is 18.2 Å². The second-order valence-corrected chi connectivity index (χ2v) is 6.07. The van der Waals surface area contributed by atoms with Gasteiger partial charge in [-0.2, -0.15) is 0 Å². The van der Waals surface area contributed by atoms with Gasteiger partial charge in [0.25, 0.3) is 5.91 Å². The molecule has 1 aliphatic heterocycles. The Bertz CT molecular complexity index is 856. The zero-order valence-electron chi connectivity index (χ0n) is 13.2. The van der Waals surface area contributed by atoms with Crippen LogP contribution in [-0.2, 0) is 14.3 Å². The molecule has 0 spiro atoms. The van der Waals surface area contributed by atoms with Crippen molar-refractivity contribution in [3.63, 3.8) is 0 Å². The zero-order valence-corrected chi connectivity index (χ0v) is 14.0. The molecule has 2 aromatic rings. The maximum absolute atomic E-state index is 12.0. The highest BCUT2D eigenvalue weighted by molar-refractivity contribution is 6.31. The van der Waals surface area contributed by atoms with Crippen molar-refractivity contribution < 1.29 is 23.5 Å². The van der Waals surface area contributed by atoms with Crippen molar-refractivity contribution in [3.05, 3.63) is 45.3 Å². The first-order chi connectivity index (χ1) is 12.0. The number of rotatable bonds is 5. The van der Waals surface area contributed by atoms with E-state index in [0.717, 1.165) is 18.9 Å². The Labute approximate surface area is 147 Å². The van der Waals surface area contributed by atoms with Gasteiger partial charge < -0.3 is 19.2 Å². The fourth-order valence-corrected chi connectivity index (χ4v) is 2.69. The van der Waals surface area contributed by atoms with E-state index in [9.17, 15) is 14.4 Å². The second kappa shape index (κ2) is 7.67. The van der Waals surface area contributed by atoms with Crippen molar-refractivity contribution in [2.24, 2.45) is 0 Å². The minimum Gasteiger partial charge on any atom is -0.450 e. The van der Waals surface area contributed by atoms with Crippen LogP contribution in [0.5, 0.6) is 0 Å². The van der Waals surface area contributed by atoms with E-state index in [4.69, 9.17) is 25.5 Å². The Morgan fingerprint density at radius 2 is 2.16 bits per heavy atom. The predicted molar refractivity (Wildman–Crippen MR) is 89.8 cm³/mol. The van der Waals surface area contributed by atoms with Crippen LogP contribution in [0.15, 0.2) is 33.5 Å². The number of carbonyl (C=O) groups excluding carboxylic acids is 2. The predicted octanol–water partition coefficient (Wildman–Crippen LogP) is 1.90. The molecule has 1 fully saturated rings. The van der Waals surface area contributed by atoms with E-state index in [1.54, 1.807) is 6.07 Å². The zero-order chi connectivity index (χ0) is 17.8. The first kappa shape index (κ1) is 17.4. The van der Waals surface area contributed by atoms with Gasteiger partial charge >= 0.3 is 5.97 Å². The van der Waals surface area contributed by atoms with Gasteiger partial charge in [0.2, 0.25) is 5.76 Å². The van der Waals surface area contributed by atoms with Crippen molar-refractivity contribution in [2.75, 3.05) is 19.8 Å². The highest BCUT2D eigenvalue weighted by Crippen LogP contribution is 2.18. The summed E-state index contributed by atoms with van der Waals surface area (Å²) in [5, 5.41) is 3.28. The third kappa shape index (κ3) is 4.37. The van der Waals surface area contributed by atoms with Gasteiger partial charge in [0.15, 0.2) is 12.0 Å². The molecule has 2 heterocycles. The summed E-state index contributed by atoms with van der Waals surface area (Å²) >= 11 is 5.83. The Hall–Kier alpha value is -2.38. The molecule has 1 aromatic heterocycles. The number of benzene rings is 1. The summed E-state index contributed by atoms with van der Waals surface area (Å²) in [7, 11) is 0. The van der Waals surface area contributed by atoms with E-state index >= 15 is 0 Å². The van der Waals surface area contributed by atoms with Gasteiger partial charge in [0.1, 0.15) is 5.58 Å². The number of nitrogens with one attached hydrogen (secondary N) is 1. The maximum Gasteiger partial charge on any atom is 0.374 e. The van der Waals surface area contributed by atoms with Crippen LogP contribution >= 0.6 is 11.6 Å². The lowest BCUT2D eigenvalue weighted by Crippen LogP contribution is -2.34. The summed E-state index contributed by atoms with van der Waals surface area (Å²) in [5.41, 5.74) is -0.204. The molecule has 0 bridgehead atoms. The SMILES string of the molecule is O=C(COC(=O)c1cc(=O)c2cc(Cl)ccc2o1)NC[C@H]1CCCO1. The van der Waals surface area contributed by atoms with Crippen LogP contribution in [0.1, 0.15) is 23.4 Å². The van der Waals surface area contributed by atoms with Crippen molar-refractivity contribution in [2.45, 2.75) is 18.9 Å². The van der Waals surface area contributed by atoms with Crippen LogP contribution in [0, 0.1) is 0 Å². The molecule has 1 aliphatic rings. The fraction of sp³-hybridized carbons (Fsp3) is 0.353. The molecule has 0 aliphatic carbocycles. The van der Waals surface area contributed by atoms with Crippen molar-refractivity contribution in [1.82, 2.24) is 5.32 Å². The van der Waals surface area contributed by atoms with E-state index < -0.39 is 23.9 Å². The van der Waals surface area contributed by atoms with Crippen molar-refractivity contribution in [1.29, 1.82) is 0 Å². The second-order valence-electron chi connectivity index (χ2n) is 5.63. The molecular formula is C17H16ClNO6. The van der Waals surface area contributed by atoms with E-state index in [2.05, 4.69) is 5.32 Å². The molecule has 0 unspecified atom stereocenters. The van der Waals surface area contributed by atoms with Crippen LogP contribution in [0.4, 0.5) is 0 Å². The third-order valence-corrected chi connectivity index (χ3v) is 4.01. The lowest BCUT2D eigenvalue weighted by molar-refractivity contribution is -0.124. The Balaban J connectivity index is 1.59. The normalized spacial score (nSPS) is 16.8. The Kier molecular flexibility index (Phi) is 5.35. The molecule has 7 nitrogen and oxygen atoms in total. The lowest BCUT2D eigenvalue weighted by Gasteiger charge is -2.10. The van der Waals surface area contributed by atoms with Gasteiger partial charge in [-0.25, -0.2) is 4.79 Å². The third-order valence-electron chi connectivity index (χ3n) is 3.78. The smallest absolute Gasteiger partial charge is 0.374 e. The molecule has 132 valence electrons. The molecular weight excluding hydrogens is 350 g/mol. The van der Waals surface area contributed by atoms with Gasteiger partial charge in [0.05, 0.1) is 11.5 Å². The Morgan fingerprint density at radius 1 is 1.32 bits per heavy atom. The standard InChI is InChI=1S/C17H16ClNO6/c18-10-3-4-14-12(6-10)13(20)7-15(25-14)17(22)24-9-16(21)19-8-11-2-1-5-23-11/h3-4,6-7,11H,1-2,5,8-9H2,(H,19,21)/t11-/m1/s1. The molecule has 0 radical (unpaired) electrons. The summed E-state index contributed by atoms with van der Waals surface area (Å²) < 4.78 is 15.6. The number of amides is 1. The number of hydrogen-bond donors (Lipinski definition) is 1. The molecule has 1 aromatic carbocycles. The van der Waals surface area contributed by atoms with E-state index in [1.165, 1.54) is 12.1 Å². The van der Waals surface area contributed by atoms with Gasteiger partial charge in [-0.3, -0.25) is 9.59 Å².